The molecule has 2 unspecified atom stereocenters. The van der Waals surface area contributed by atoms with Crippen molar-refractivity contribution in [2.45, 2.75) is 39.4 Å². The number of fused-ring (bicyclic) bond motifs is 1. The highest BCUT2D eigenvalue weighted by atomic mass is 16.5. The van der Waals surface area contributed by atoms with E-state index in [0.717, 1.165) is 19.5 Å². The summed E-state index contributed by atoms with van der Waals surface area (Å²) in [6.07, 6.45) is 1.55. The van der Waals surface area contributed by atoms with Crippen molar-refractivity contribution in [3.8, 4) is 0 Å². The Hall–Kier alpha value is -1.38. The molecule has 0 aromatic heterocycles. The van der Waals surface area contributed by atoms with Crippen LogP contribution in [0.5, 0.6) is 0 Å². The van der Waals surface area contributed by atoms with E-state index < -0.39 is 0 Å². The summed E-state index contributed by atoms with van der Waals surface area (Å²) in [6.45, 7) is 8.68. The van der Waals surface area contributed by atoms with Crippen molar-refractivity contribution in [2.75, 3.05) is 13.1 Å². The molecule has 1 fully saturated rings. The molecule has 1 heterocycles. The van der Waals surface area contributed by atoms with Gasteiger partial charge in [-0.05, 0) is 34.2 Å². The average Bonchev–Trinajstić information content (AvgIpc) is 2.45. The Balaban J connectivity index is 1.78. The lowest BCUT2D eigenvalue weighted by molar-refractivity contribution is -0.0552. The Morgan fingerprint density at radius 3 is 2.57 bits per heavy atom. The van der Waals surface area contributed by atoms with Crippen molar-refractivity contribution < 1.29 is 4.74 Å². The molecule has 0 radical (unpaired) electrons. The molecule has 0 amide bonds. The molecule has 2 atom stereocenters. The third-order valence-corrected chi connectivity index (χ3v) is 4.04. The van der Waals surface area contributed by atoms with Gasteiger partial charge in [-0.15, -0.1) is 0 Å². The summed E-state index contributed by atoms with van der Waals surface area (Å²) in [5.74, 6) is 0. The Bertz CT molecular complexity index is 614. The first-order chi connectivity index (χ1) is 10.0. The quantitative estimate of drug-likeness (QED) is 0.887. The van der Waals surface area contributed by atoms with Gasteiger partial charge in [0.1, 0.15) is 0 Å². The summed E-state index contributed by atoms with van der Waals surface area (Å²) >= 11 is 0. The molecule has 2 aromatic rings. The SMILES string of the molecule is CC(C)(C)CC1CNCC(c2ccc3ccccc3c2)O1. The Kier molecular flexibility index (Phi) is 4.01. The summed E-state index contributed by atoms with van der Waals surface area (Å²) in [7, 11) is 0. The lowest BCUT2D eigenvalue weighted by Crippen LogP contribution is -2.42. The first kappa shape index (κ1) is 14.6. The molecule has 1 aliphatic heterocycles. The Labute approximate surface area is 127 Å². The van der Waals surface area contributed by atoms with Crippen LogP contribution in [0.1, 0.15) is 38.9 Å². The van der Waals surface area contributed by atoms with Gasteiger partial charge >= 0.3 is 0 Å². The first-order valence-electron chi connectivity index (χ1n) is 7.86. The van der Waals surface area contributed by atoms with E-state index in [9.17, 15) is 0 Å². The molecule has 2 aromatic carbocycles. The molecule has 21 heavy (non-hydrogen) atoms. The maximum Gasteiger partial charge on any atom is 0.0953 e. The lowest BCUT2D eigenvalue weighted by Gasteiger charge is -2.34. The maximum atomic E-state index is 6.33. The van der Waals surface area contributed by atoms with E-state index in [2.05, 4.69) is 68.6 Å². The molecule has 3 rings (SSSR count). The van der Waals surface area contributed by atoms with Crippen molar-refractivity contribution in [3.05, 3.63) is 48.0 Å². The van der Waals surface area contributed by atoms with Crippen LogP contribution in [-0.4, -0.2) is 19.2 Å². The second-order valence-electron chi connectivity index (χ2n) is 7.28. The highest BCUT2D eigenvalue weighted by Gasteiger charge is 2.27. The standard InChI is InChI=1S/C19H25NO/c1-19(2,3)11-17-12-20-13-18(21-17)16-9-8-14-6-4-5-7-15(14)10-16/h4-10,17-18,20H,11-13H2,1-3H3. The molecule has 112 valence electrons. The zero-order chi connectivity index (χ0) is 14.9. The van der Waals surface area contributed by atoms with Crippen LogP contribution in [0, 0.1) is 5.41 Å². The molecule has 0 bridgehead atoms. The number of rotatable bonds is 2. The van der Waals surface area contributed by atoms with Crippen molar-refractivity contribution in [1.29, 1.82) is 0 Å². The summed E-state index contributed by atoms with van der Waals surface area (Å²) in [6, 6.07) is 15.2. The number of ether oxygens (including phenoxy) is 1. The largest absolute Gasteiger partial charge is 0.368 e. The van der Waals surface area contributed by atoms with Gasteiger partial charge in [-0.25, -0.2) is 0 Å². The van der Waals surface area contributed by atoms with E-state index in [1.165, 1.54) is 16.3 Å². The van der Waals surface area contributed by atoms with Crippen LogP contribution in [0.2, 0.25) is 0 Å². The molecule has 2 nitrogen and oxygen atoms in total. The fourth-order valence-corrected chi connectivity index (χ4v) is 3.11. The molecular formula is C19H25NO. The van der Waals surface area contributed by atoms with Gasteiger partial charge in [0.15, 0.2) is 0 Å². The zero-order valence-electron chi connectivity index (χ0n) is 13.2. The van der Waals surface area contributed by atoms with Crippen molar-refractivity contribution in [1.82, 2.24) is 5.32 Å². The van der Waals surface area contributed by atoms with Crippen molar-refractivity contribution >= 4 is 10.8 Å². The van der Waals surface area contributed by atoms with E-state index in [4.69, 9.17) is 4.74 Å². The average molecular weight is 283 g/mol. The van der Waals surface area contributed by atoms with Crippen LogP contribution in [0.3, 0.4) is 0 Å². The van der Waals surface area contributed by atoms with Crippen LogP contribution in [0.15, 0.2) is 42.5 Å². The molecular weight excluding hydrogens is 258 g/mol. The second-order valence-corrected chi connectivity index (χ2v) is 7.28. The topological polar surface area (TPSA) is 21.3 Å². The van der Waals surface area contributed by atoms with Gasteiger partial charge in [0.2, 0.25) is 0 Å². The molecule has 0 aliphatic carbocycles. The normalized spacial score (nSPS) is 23.4. The molecule has 2 heteroatoms. The van der Waals surface area contributed by atoms with Crippen LogP contribution < -0.4 is 5.32 Å². The summed E-state index contributed by atoms with van der Waals surface area (Å²) in [5, 5.41) is 6.11. The second kappa shape index (κ2) is 5.78. The number of morpholine rings is 1. The minimum absolute atomic E-state index is 0.163. The Morgan fingerprint density at radius 2 is 1.81 bits per heavy atom. The van der Waals surface area contributed by atoms with Gasteiger partial charge in [-0.3, -0.25) is 0 Å². The van der Waals surface area contributed by atoms with Gasteiger partial charge in [-0.1, -0.05) is 57.2 Å². The number of nitrogens with one attached hydrogen (secondary N) is 1. The Morgan fingerprint density at radius 1 is 1.05 bits per heavy atom. The monoisotopic (exact) mass is 283 g/mol. The van der Waals surface area contributed by atoms with Crippen LogP contribution in [0.25, 0.3) is 10.8 Å². The fourth-order valence-electron chi connectivity index (χ4n) is 3.11. The zero-order valence-corrected chi connectivity index (χ0v) is 13.2. The van der Waals surface area contributed by atoms with Gasteiger partial charge in [0.25, 0.3) is 0 Å². The highest BCUT2D eigenvalue weighted by Crippen LogP contribution is 2.29. The van der Waals surface area contributed by atoms with E-state index in [0.29, 0.717) is 11.5 Å². The van der Waals surface area contributed by atoms with Crippen molar-refractivity contribution in [3.63, 3.8) is 0 Å². The molecule has 1 aliphatic rings. The van der Waals surface area contributed by atoms with Gasteiger partial charge in [-0.2, -0.15) is 0 Å². The molecule has 0 spiro atoms. The summed E-state index contributed by atoms with van der Waals surface area (Å²) in [5.41, 5.74) is 1.58. The van der Waals surface area contributed by atoms with Gasteiger partial charge < -0.3 is 10.1 Å². The number of hydrogen-bond donors (Lipinski definition) is 1. The summed E-state index contributed by atoms with van der Waals surface area (Å²) < 4.78 is 6.33. The van der Waals surface area contributed by atoms with E-state index in [1.807, 2.05) is 0 Å². The van der Waals surface area contributed by atoms with Crippen LogP contribution in [-0.2, 0) is 4.74 Å². The lowest BCUT2D eigenvalue weighted by atomic mass is 9.88. The maximum absolute atomic E-state index is 6.33. The summed E-state index contributed by atoms with van der Waals surface area (Å²) in [4.78, 5) is 0. The van der Waals surface area contributed by atoms with Crippen LogP contribution in [0.4, 0.5) is 0 Å². The fraction of sp³-hybridized carbons (Fsp3) is 0.474. The predicted molar refractivity (Wildman–Crippen MR) is 88.5 cm³/mol. The molecule has 1 N–H and O–H groups in total. The first-order valence-corrected chi connectivity index (χ1v) is 7.86. The van der Waals surface area contributed by atoms with Crippen molar-refractivity contribution in [2.24, 2.45) is 5.41 Å². The smallest absolute Gasteiger partial charge is 0.0953 e. The van der Waals surface area contributed by atoms with E-state index >= 15 is 0 Å². The molecule has 1 saturated heterocycles. The third kappa shape index (κ3) is 3.63. The van der Waals surface area contributed by atoms with E-state index in [1.54, 1.807) is 0 Å². The minimum atomic E-state index is 0.163. The predicted octanol–water partition coefficient (Wildman–Crippen LogP) is 4.31. The number of hydrogen-bond acceptors (Lipinski definition) is 2. The molecule has 0 saturated carbocycles. The van der Waals surface area contributed by atoms with Gasteiger partial charge in [0, 0.05) is 13.1 Å². The van der Waals surface area contributed by atoms with E-state index in [-0.39, 0.29) is 6.10 Å². The highest BCUT2D eigenvalue weighted by molar-refractivity contribution is 5.83. The minimum Gasteiger partial charge on any atom is -0.368 e. The third-order valence-electron chi connectivity index (χ3n) is 4.04. The van der Waals surface area contributed by atoms with Gasteiger partial charge in [0.05, 0.1) is 12.2 Å². The number of benzene rings is 2. The van der Waals surface area contributed by atoms with Crippen LogP contribution >= 0.6 is 0 Å².